The number of fused-ring (bicyclic) bond motifs is 1. The van der Waals surface area contributed by atoms with E-state index in [2.05, 4.69) is 32.9 Å². The van der Waals surface area contributed by atoms with Gasteiger partial charge in [-0.1, -0.05) is 42.9 Å². The summed E-state index contributed by atoms with van der Waals surface area (Å²) in [5.41, 5.74) is 3.93. The first kappa shape index (κ1) is 26.9. The van der Waals surface area contributed by atoms with Crippen LogP contribution in [0.2, 0.25) is 0 Å². The molecule has 6 aromatic rings. The summed E-state index contributed by atoms with van der Waals surface area (Å²) in [4.78, 5) is 18.6. The number of methoxy groups -OCH3 is 1. The van der Waals surface area contributed by atoms with E-state index in [4.69, 9.17) is 14.6 Å². The van der Waals surface area contributed by atoms with Crippen molar-refractivity contribution in [3.8, 4) is 39.8 Å². The van der Waals surface area contributed by atoms with Crippen molar-refractivity contribution in [2.45, 2.75) is 19.8 Å². The van der Waals surface area contributed by atoms with Crippen LogP contribution in [0.15, 0.2) is 88.3 Å². The number of thiazole rings is 1. The molecule has 41 heavy (non-hydrogen) atoms. The minimum Gasteiger partial charge on any atom is -0.496 e. The molecular weight excluding hydrogens is 602 g/mol. The minimum absolute atomic E-state index is 0.224. The van der Waals surface area contributed by atoms with Crippen molar-refractivity contribution >= 4 is 38.3 Å². The van der Waals surface area contributed by atoms with Crippen LogP contribution >= 0.6 is 27.3 Å². The van der Waals surface area contributed by atoms with Gasteiger partial charge >= 0.3 is 0 Å². The normalized spacial score (nSPS) is 11.8. The molecule has 0 saturated carbocycles. The quantitative estimate of drug-likeness (QED) is 0.178. The molecule has 0 atom stereocenters. The van der Waals surface area contributed by atoms with Gasteiger partial charge in [-0.05, 0) is 83.0 Å². The van der Waals surface area contributed by atoms with E-state index in [0.29, 0.717) is 21.9 Å². The van der Waals surface area contributed by atoms with Gasteiger partial charge < -0.3 is 9.47 Å². The van der Waals surface area contributed by atoms with Gasteiger partial charge in [0, 0.05) is 22.9 Å². The lowest BCUT2D eigenvalue weighted by Crippen LogP contribution is -2.23. The number of rotatable bonds is 9. The lowest BCUT2D eigenvalue weighted by molar-refractivity contribution is 0.309. The molecule has 0 fully saturated rings. The first-order valence-electron chi connectivity index (χ1n) is 13.2. The molecule has 8 nitrogen and oxygen atoms in total. The molecule has 0 unspecified atom stereocenters. The van der Waals surface area contributed by atoms with Gasteiger partial charge in [-0.25, -0.2) is 4.68 Å². The van der Waals surface area contributed by atoms with Crippen LogP contribution in [0.5, 0.6) is 11.5 Å². The number of nitrogens with zero attached hydrogens (tertiary/aromatic N) is 5. The first-order valence-corrected chi connectivity index (χ1v) is 14.8. The SMILES string of the molecule is CCCCOc1ccc(-c2nc3sc(=Cc4cn(-c5ccccc5)nc4-c4ccc(OC)c(Br)c4)c(=O)n3n2)cc1. The van der Waals surface area contributed by atoms with Gasteiger partial charge in [-0.3, -0.25) is 4.79 Å². The van der Waals surface area contributed by atoms with Gasteiger partial charge in [0.05, 0.1) is 28.4 Å². The Balaban J connectivity index is 1.38. The van der Waals surface area contributed by atoms with Gasteiger partial charge in [0.25, 0.3) is 5.56 Å². The predicted octanol–water partition coefficient (Wildman–Crippen LogP) is 6.17. The Kier molecular flexibility index (Phi) is 7.67. The molecule has 0 radical (unpaired) electrons. The van der Waals surface area contributed by atoms with Gasteiger partial charge in [0.2, 0.25) is 4.96 Å². The highest BCUT2D eigenvalue weighted by atomic mass is 79.9. The number of ether oxygens (including phenoxy) is 2. The summed E-state index contributed by atoms with van der Waals surface area (Å²) in [6.07, 6.45) is 5.87. The third-order valence-corrected chi connectivity index (χ3v) is 8.11. The van der Waals surface area contributed by atoms with E-state index in [-0.39, 0.29) is 5.56 Å². The molecule has 0 bridgehead atoms. The fourth-order valence-electron chi connectivity index (χ4n) is 4.38. The van der Waals surface area contributed by atoms with Gasteiger partial charge in [0.1, 0.15) is 17.2 Å². The van der Waals surface area contributed by atoms with Crippen LogP contribution < -0.4 is 19.6 Å². The first-order chi connectivity index (χ1) is 20.0. The highest BCUT2D eigenvalue weighted by Crippen LogP contribution is 2.32. The maximum absolute atomic E-state index is 13.4. The van der Waals surface area contributed by atoms with E-state index in [1.807, 2.05) is 89.8 Å². The summed E-state index contributed by atoms with van der Waals surface area (Å²) in [7, 11) is 1.63. The van der Waals surface area contributed by atoms with Crippen LogP contribution in [0.3, 0.4) is 0 Å². The molecular formula is C31H26BrN5O3S. The lowest BCUT2D eigenvalue weighted by atomic mass is 10.1. The topological polar surface area (TPSA) is 83.5 Å². The van der Waals surface area contributed by atoms with E-state index in [1.165, 1.54) is 15.9 Å². The predicted molar refractivity (Wildman–Crippen MR) is 165 cm³/mol. The molecule has 10 heteroatoms. The molecule has 0 spiro atoms. The molecule has 0 saturated heterocycles. The Labute approximate surface area is 248 Å². The molecule has 206 valence electrons. The summed E-state index contributed by atoms with van der Waals surface area (Å²) in [6, 6.07) is 23.3. The van der Waals surface area contributed by atoms with E-state index in [9.17, 15) is 4.79 Å². The van der Waals surface area contributed by atoms with Crippen LogP contribution in [0, 0.1) is 0 Å². The van der Waals surface area contributed by atoms with Crippen LogP contribution in [-0.4, -0.2) is 38.1 Å². The van der Waals surface area contributed by atoms with Crippen molar-refractivity contribution in [2.24, 2.45) is 0 Å². The highest BCUT2D eigenvalue weighted by Gasteiger charge is 2.16. The fourth-order valence-corrected chi connectivity index (χ4v) is 5.82. The Morgan fingerprint density at radius 1 is 1.00 bits per heavy atom. The van der Waals surface area contributed by atoms with Crippen molar-refractivity contribution in [1.82, 2.24) is 24.4 Å². The van der Waals surface area contributed by atoms with Crippen molar-refractivity contribution in [3.63, 3.8) is 0 Å². The van der Waals surface area contributed by atoms with Crippen molar-refractivity contribution in [2.75, 3.05) is 13.7 Å². The highest BCUT2D eigenvalue weighted by molar-refractivity contribution is 9.10. The molecule has 0 amide bonds. The third kappa shape index (κ3) is 5.53. The van der Waals surface area contributed by atoms with E-state index >= 15 is 0 Å². The maximum Gasteiger partial charge on any atom is 0.291 e. The Bertz CT molecular complexity index is 1930. The zero-order valence-electron chi connectivity index (χ0n) is 22.5. The summed E-state index contributed by atoms with van der Waals surface area (Å²) < 4.78 is 15.7. The number of aromatic nitrogens is 5. The van der Waals surface area contributed by atoms with Gasteiger partial charge in [-0.2, -0.15) is 14.6 Å². The zero-order chi connectivity index (χ0) is 28.3. The van der Waals surface area contributed by atoms with Crippen LogP contribution in [0.4, 0.5) is 0 Å². The number of hydrogen-bond acceptors (Lipinski definition) is 7. The second-order valence-corrected chi connectivity index (χ2v) is 11.2. The Hall–Kier alpha value is -4.28. The molecule has 6 rings (SSSR count). The number of hydrogen-bond donors (Lipinski definition) is 0. The summed E-state index contributed by atoms with van der Waals surface area (Å²) in [5.74, 6) is 2.03. The number of benzene rings is 3. The maximum atomic E-state index is 13.4. The van der Waals surface area contributed by atoms with E-state index in [0.717, 1.165) is 56.9 Å². The average Bonchev–Trinajstić information content (AvgIpc) is 3.69. The van der Waals surface area contributed by atoms with Crippen molar-refractivity contribution in [1.29, 1.82) is 0 Å². The number of halogens is 1. The number of unbranched alkanes of at least 4 members (excludes halogenated alkanes) is 1. The minimum atomic E-state index is -0.224. The zero-order valence-corrected chi connectivity index (χ0v) is 24.9. The molecule has 3 aromatic carbocycles. The standard InChI is InChI=1S/C31H26BrN5O3S/c1-3-4-16-40-24-13-10-20(11-14-24)29-33-31-37(35-29)30(38)27(41-31)18-22-19-36(23-8-6-5-7-9-23)34-28(22)21-12-15-26(39-2)25(32)17-21/h5-15,17-19H,3-4,16H2,1-2H3. The molecule has 3 aromatic heterocycles. The summed E-state index contributed by atoms with van der Waals surface area (Å²) >= 11 is 4.88. The summed E-state index contributed by atoms with van der Waals surface area (Å²) in [5, 5.41) is 9.39. The third-order valence-electron chi connectivity index (χ3n) is 6.54. The summed E-state index contributed by atoms with van der Waals surface area (Å²) in [6.45, 7) is 2.82. The van der Waals surface area contributed by atoms with Crippen LogP contribution in [0.25, 0.3) is 39.4 Å². The molecule has 0 aliphatic carbocycles. The molecule has 0 aliphatic rings. The fraction of sp³-hybridized carbons (Fsp3) is 0.161. The largest absolute Gasteiger partial charge is 0.496 e. The second kappa shape index (κ2) is 11.7. The Morgan fingerprint density at radius 2 is 1.78 bits per heavy atom. The second-order valence-electron chi connectivity index (χ2n) is 9.33. The molecule has 3 heterocycles. The van der Waals surface area contributed by atoms with Crippen molar-refractivity contribution in [3.05, 3.63) is 104 Å². The lowest BCUT2D eigenvalue weighted by Gasteiger charge is -2.05. The molecule has 0 N–H and O–H groups in total. The van der Waals surface area contributed by atoms with Crippen LogP contribution in [0.1, 0.15) is 25.3 Å². The van der Waals surface area contributed by atoms with Crippen molar-refractivity contribution < 1.29 is 9.47 Å². The monoisotopic (exact) mass is 627 g/mol. The van der Waals surface area contributed by atoms with Crippen LogP contribution in [-0.2, 0) is 0 Å². The van der Waals surface area contributed by atoms with E-state index in [1.54, 1.807) is 7.11 Å². The average molecular weight is 629 g/mol. The van der Waals surface area contributed by atoms with Gasteiger partial charge in [0.15, 0.2) is 5.82 Å². The number of para-hydroxylation sites is 1. The molecule has 0 aliphatic heterocycles. The smallest absolute Gasteiger partial charge is 0.291 e. The van der Waals surface area contributed by atoms with E-state index < -0.39 is 0 Å². The van der Waals surface area contributed by atoms with Gasteiger partial charge in [-0.15, -0.1) is 5.10 Å². The Morgan fingerprint density at radius 3 is 2.49 bits per heavy atom.